The van der Waals surface area contributed by atoms with Crippen LogP contribution in [0.1, 0.15) is 28.5 Å². The van der Waals surface area contributed by atoms with Crippen LogP contribution in [-0.4, -0.2) is 9.13 Å². The Bertz CT molecular complexity index is 991. The Hall–Kier alpha value is -2.14. The van der Waals surface area contributed by atoms with E-state index in [1.807, 2.05) is 45.0 Å². The Morgan fingerprint density at radius 3 is 2.35 bits per heavy atom. The SMILES string of the molecule is CCc1c(C)sc2c1c(=O)n(C)c(=O)n2Cc1ccc(C)cc1. The molecule has 0 spiro atoms. The highest BCUT2D eigenvalue weighted by atomic mass is 32.1. The molecule has 2 aromatic heterocycles. The van der Waals surface area contributed by atoms with Crippen LogP contribution in [0, 0.1) is 13.8 Å². The van der Waals surface area contributed by atoms with Crippen molar-refractivity contribution in [3.05, 3.63) is 66.7 Å². The van der Waals surface area contributed by atoms with Gasteiger partial charge < -0.3 is 0 Å². The molecule has 0 atom stereocenters. The van der Waals surface area contributed by atoms with Gasteiger partial charge in [0, 0.05) is 11.9 Å². The third-order valence-electron chi connectivity index (χ3n) is 4.29. The van der Waals surface area contributed by atoms with Gasteiger partial charge in [0.25, 0.3) is 5.56 Å². The predicted molar refractivity (Wildman–Crippen MR) is 95.7 cm³/mol. The molecule has 0 saturated heterocycles. The highest BCUT2D eigenvalue weighted by Crippen LogP contribution is 2.28. The fourth-order valence-corrected chi connectivity index (χ4v) is 4.16. The Morgan fingerprint density at radius 1 is 1.09 bits per heavy atom. The van der Waals surface area contributed by atoms with Gasteiger partial charge in [-0.2, -0.15) is 0 Å². The number of rotatable bonds is 3. The molecule has 3 rings (SSSR count). The molecule has 0 fully saturated rings. The second kappa shape index (κ2) is 5.81. The third-order valence-corrected chi connectivity index (χ3v) is 5.46. The minimum absolute atomic E-state index is 0.189. The maximum atomic E-state index is 12.6. The summed E-state index contributed by atoms with van der Waals surface area (Å²) in [4.78, 5) is 27.1. The van der Waals surface area contributed by atoms with Gasteiger partial charge in [0.1, 0.15) is 4.83 Å². The fourth-order valence-electron chi connectivity index (χ4n) is 2.94. The van der Waals surface area contributed by atoms with E-state index >= 15 is 0 Å². The molecule has 0 saturated carbocycles. The zero-order chi connectivity index (χ0) is 16.7. The highest BCUT2D eigenvalue weighted by molar-refractivity contribution is 7.18. The monoisotopic (exact) mass is 328 g/mol. The molecule has 120 valence electrons. The molecule has 3 aromatic rings. The first kappa shape index (κ1) is 15.7. The van der Waals surface area contributed by atoms with E-state index in [4.69, 9.17) is 0 Å². The van der Waals surface area contributed by atoms with Gasteiger partial charge in [-0.3, -0.25) is 13.9 Å². The Labute approximate surface area is 138 Å². The van der Waals surface area contributed by atoms with Crippen LogP contribution in [0.4, 0.5) is 0 Å². The van der Waals surface area contributed by atoms with Crippen molar-refractivity contribution >= 4 is 21.6 Å². The van der Waals surface area contributed by atoms with Gasteiger partial charge in [-0.05, 0) is 31.4 Å². The second-order valence-electron chi connectivity index (χ2n) is 5.89. The van der Waals surface area contributed by atoms with Crippen molar-refractivity contribution in [1.29, 1.82) is 0 Å². The van der Waals surface area contributed by atoms with E-state index in [-0.39, 0.29) is 11.2 Å². The summed E-state index contributed by atoms with van der Waals surface area (Å²) in [5.74, 6) is 0. The first-order valence-electron chi connectivity index (χ1n) is 7.71. The molecule has 0 aliphatic rings. The zero-order valence-corrected chi connectivity index (χ0v) is 14.7. The fraction of sp³-hybridized carbons (Fsp3) is 0.333. The van der Waals surface area contributed by atoms with Crippen molar-refractivity contribution in [3.8, 4) is 0 Å². The number of hydrogen-bond acceptors (Lipinski definition) is 3. The first-order valence-corrected chi connectivity index (χ1v) is 8.53. The van der Waals surface area contributed by atoms with Crippen LogP contribution in [0.5, 0.6) is 0 Å². The van der Waals surface area contributed by atoms with Crippen molar-refractivity contribution in [1.82, 2.24) is 9.13 Å². The standard InChI is InChI=1S/C18H20N2O2S/c1-5-14-12(3)23-17-15(14)16(21)19(4)18(22)20(17)10-13-8-6-11(2)7-9-13/h6-9H,5,10H2,1-4H3. The maximum Gasteiger partial charge on any atom is 0.332 e. The molecule has 0 aliphatic carbocycles. The number of aryl methyl sites for hydroxylation is 3. The van der Waals surface area contributed by atoms with Crippen molar-refractivity contribution in [2.45, 2.75) is 33.7 Å². The second-order valence-corrected chi connectivity index (χ2v) is 7.09. The summed E-state index contributed by atoms with van der Waals surface area (Å²) in [6.07, 6.45) is 0.795. The largest absolute Gasteiger partial charge is 0.332 e. The molecule has 0 N–H and O–H groups in total. The van der Waals surface area contributed by atoms with Crippen LogP contribution >= 0.6 is 11.3 Å². The maximum absolute atomic E-state index is 12.6. The molecule has 0 amide bonds. The number of aromatic nitrogens is 2. The lowest BCUT2D eigenvalue weighted by Crippen LogP contribution is -2.38. The van der Waals surface area contributed by atoms with Crippen molar-refractivity contribution < 1.29 is 0 Å². The zero-order valence-electron chi connectivity index (χ0n) is 13.8. The summed E-state index contributed by atoms with van der Waals surface area (Å²) in [7, 11) is 1.56. The molecule has 0 unspecified atom stereocenters. The Kier molecular flexibility index (Phi) is 3.98. The summed E-state index contributed by atoms with van der Waals surface area (Å²) in [6.45, 7) is 6.58. The van der Waals surface area contributed by atoms with Crippen LogP contribution in [0.2, 0.25) is 0 Å². The lowest BCUT2D eigenvalue weighted by molar-refractivity contribution is 0.677. The van der Waals surface area contributed by atoms with E-state index in [9.17, 15) is 9.59 Å². The molecule has 4 nitrogen and oxygen atoms in total. The molecular weight excluding hydrogens is 308 g/mol. The number of hydrogen-bond donors (Lipinski definition) is 0. The molecule has 1 aromatic carbocycles. The van der Waals surface area contributed by atoms with Gasteiger partial charge in [-0.25, -0.2) is 4.79 Å². The lowest BCUT2D eigenvalue weighted by atomic mass is 10.1. The van der Waals surface area contributed by atoms with Crippen LogP contribution in [-0.2, 0) is 20.0 Å². The van der Waals surface area contributed by atoms with Gasteiger partial charge in [-0.15, -0.1) is 11.3 Å². The summed E-state index contributed by atoms with van der Waals surface area (Å²) in [5, 5.41) is 0.698. The molecule has 2 heterocycles. The van der Waals surface area contributed by atoms with E-state index in [2.05, 4.69) is 0 Å². The summed E-state index contributed by atoms with van der Waals surface area (Å²) >= 11 is 1.54. The molecular formula is C18H20N2O2S. The smallest absolute Gasteiger partial charge is 0.280 e. The van der Waals surface area contributed by atoms with Crippen molar-refractivity contribution in [3.63, 3.8) is 0 Å². The number of nitrogens with zero attached hydrogens (tertiary/aromatic N) is 2. The van der Waals surface area contributed by atoms with E-state index in [0.717, 1.165) is 27.3 Å². The highest BCUT2D eigenvalue weighted by Gasteiger charge is 2.18. The summed E-state index contributed by atoms with van der Waals surface area (Å²) in [6, 6.07) is 8.13. The molecule has 23 heavy (non-hydrogen) atoms. The quantitative estimate of drug-likeness (QED) is 0.742. The Balaban J connectivity index is 2.30. The lowest BCUT2D eigenvalue weighted by Gasteiger charge is -2.10. The molecule has 0 bridgehead atoms. The molecule has 0 aliphatic heterocycles. The number of fused-ring (bicyclic) bond motifs is 1. The number of benzene rings is 1. The molecule has 5 heteroatoms. The van der Waals surface area contributed by atoms with E-state index in [1.54, 1.807) is 11.6 Å². The third kappa shape index (κ3) is 2.55. The Morgan fingerprint density at radius 2 is 1.74 bits per heavy atom. The minimum Gasteiger partial charge on any atom is -0.280 e. The van der Waals surface area contributed by atoms with Crippen molar-refractivity contribution in [2.75, 3.05) is 0 Å². The van der Waals surface area contributed by atoms with Gasteiger partial charge in [0.2, 0.25) is 0 Å². The van der Waals surface area contributed by atoms with Gasteiger partial charge in [0.05, 0.1) is 11.9 Å². The molecule has 0 radical (unpaired) electrons. The number of thiophene rings is 1. The van der Waals surface area contributed by atoms with Crippen LogP contribution in [0.3, 0.4) is 0 Å². The van der Waals surface area contributed by atoms with Gasteiger partial charge in [-0.1, -0.05) is 36.8 Å². The summed E-state index contributed by atoms with van der Waals surface area (Å²) in [5.41, 5.74) is 2.86. The average Bonchev–Trinajstić information content (AvgIpc) is 2.87. The van der Waals surface area contributed by atoms with Crippen LogP contribution in [0.15, 0.2) is 33.9 Å². The average molecular weight is 328 g/mol. The first-order chi connectivity index (χ1) is 10.9. The van der Waals surface area contributed by atoms with Gasteiger partial charge in [0.15, 0.2) is 0 Å². The van der Waals surface area contributed by atoms with E-state index < -0.39 is 0 Å². The van der Waals surface area contributed by atoms with E-state index in [0.29, 0.717) is 11.9 Å². The predicted octanol–water partition coefficient (Wildman–Crippen LogP) is 2.99. The van der Waals surface area contributed by atoms with Crippen molar-refractivity contribution in [2.24, 2.45) is 7.05 Å². The topological polar surface area (TPSA) is 44.0 Å². The van der Waals surface area contributed by atoms with Gasteiger partial charge >= 0.3 is 5.69 Å². The van der Waals surface area contributed by atoms with Crippen LogP contribution < -0.4 is 11.2 Å². The van der Waals surface area contributed by atoms with Crippen LogP contribution in [0.25, 0.3) is 10.2 Å². The summed E-state index contributed by atoms with van der Waals surface area (Å²) < 4.78 is 2.94. The minimum atomic E-state index is -0.257. The normalized spacial score (nSPS) is 11.3. The van der Waals surface area contributed by atoms with E-state index in [1.165, 1.54) is 21.5 Å².